The molecule has 0 radical (unpaired) electrons. The minimum atomic E-state index is -0.219. The number of carbonyl (C=O) groups is 2. The van der Waals surface area contributed by atoms with Crippen LogP contribution in [0.2, 0.25) is 0 Å². The molecule has 26 heavy (non-hydrogen) atoms. The number of rotatable bonds is 6. The Morgan fingerprint density at radius 3 is 2.73 bits per heavy atom. The van der Waals surface area contributed by atoms with Gasteiger partial charge >= 0.3 is 6.03 Å². The van der Waals surface area contributed by atoms with E-state index in [0.717, 1.165) is 38.2 Å². The molecule has 0 aliphatic carbocycles. The topological polar surface area (TPSA) is 74.6 Å². The number of Topliss-reactive ketones (excluding diaryl/α,β-unsaturated/α-hetero) is 1. The van der Waals surface area contributed by atoms with Crippen molar-refractivity contribution in [3.8, 4) is 0 Å². The number of benzene rings is 1. The lowest BCUT2D eigenvalue weighted by atomic mass is 9.98. The summed E-state index contributed by atoms with van der Waals surface area (Å²) >= 11 is 0. The first-order valence-electron chi connectivity index (χ1n) is 9.01. The molecule has 2 aromatic rings. The molecule has 0 saturated carbocycles. The number of anilines is 1. The van der Waals surface area contributed by atoms with Gasteiger partial charge in [0.05, 0.1) is 12.8 Å². The highest BCUT2D eigenvalue weighted by Crippen LogP contribution is 2.18. The molecule has 3 rings (SSSR count). The molecule has 1 saturated heterocycles. The Morgan fingerprint density at radius 2 is 2.04 bits per heavy atom. The smallest absolute Gasteiger partial charge is 0.319 e. The van der Waals surface area contributed by atoms with Gasteiger partial charge in [-0.2, -0.15) is 0 Å². The molecule has 138 valence electrons. The Morgan fingerprint density at radius 1 is 1.23 bits per heavy atom. The highest BCUT2D eigenvalue weighted by molar-refractivity contribution is 5.95. The second kappa shape index (κ2) is 8.67. The molecule has 0 unspecified atom stereocenters. The highest BCUT2D eigenvalue weighted by Gasteiger charge is 2.21. The van der Waals surface area contributed by atoms with Crippen molar-refractivity contribution in [2.75, 3.05) is 25.0 Å². The van der Waals surface area contributed by atoms with Crippen LogP contribution >= 0.6 is 0 Å². The third-order valence-corrected chi connectivity index (χ3v) is 4.66. The van der Waals surface area contributed by atoms with Crippen molar-refractivity contribution >= 4 is 17.5 Å². The molecule has 2 amide bonds. The minimum Gasteiger partial charge on any atom is -0.468 e. The Labute approximate surface area is 153 Å². The number of nitrogens with one attached hydrogen (secondary N) is 2. The van der Waals surface area contributed by atoms with Gasteiger partial charge in [0, 0.05) is 24.3 Å². The molecular formula is C20H25N3O3. The monoisotopic (exact) mass is 355 g/mol. The first-order chi connectivity index (χ1) is 12.6. The second-order valence-electron chi connectivity index (χ2n) is 6.79. The number of likely N-dealkylation sites (tertiary alicyclic amines) is 1. The van der Waals surface area contributed by atoms with Crippen LogP contribution in [-0.4, -0.2) is 36.3 Å². The molecule has 1 aliphatic heterocycles. The van der Waals surface area contributed by atoms with Gasteiger partial charge in [-0.25, -0.2) is 4.79 Å². The zero-order chi connectivity index (χ0) is 18.4. The van der Waals surface area contributed by atoms with Crippen LogP contribution in [0.5, 0.6) is 0 Å². The van der Waals surface area contributed by atoms with Gasteiger partial charge in [0.15, 0.2) is 5.78 Å². The van der Waals surface area contributed by atoms with E-state index in [1.807, 2.05) is 12.1 Å². The third kappa shape index (κ3) is 5.20. The van der Waals surface area contributed by atoms with Crippen molar-refractivity contribution < 1.29 is 14.0 Å². The number of hydrogen-bond acceptors (Lipinski definition) is 4. The van der Waals surface area contributed by atoms with Crippen LogP contribution in [0.25, 0.3) is 0 Å². The summed E-state index contributed by atoms with van der Waals surface area (Å²) in [7, 11) is 0. The Bertz CT molecular complexity index is 725. The normalized spacial score (nSPS) is 17.7. The Balaban J connectivity index is 1.42. The second-order valence-corrected chi connectivity index (χ2v) is 6.79. The average Bonchev–Trinajstić information content (AvgIpc) is 3.14. The van der Waals surface area contributed by atoms with Gasteiger partial charge in [-0.15, -0.1) is 0 Å². The van der Waals surface area contributed by atoms with E-state index in [1.165, 1.54) is 6.92 Å². The molecule has 1 fully saturated rings. The molecule has 6 nitrogen and oxygen atoms in total. The van der Waals surface area contributed by atoms with Crippen LogP contribution in [0.4, 0.5) is 10.5 Å². The Hall–Kier alpha value is -2.60. The molecule has 1 aliphatic rings. The van der Waals surface area contributed by atoms with Crippen LogP contribution in [0.3, 0.4) is 0 Å². The van der Waals surface area contributed by atoms with Crippen molar-refractivity contribution in [1.82, 2.24) is 10.2 Å². The summed E-state index contributed by atoms with van der Waals surface area (Å²) in [6.07, 6.45) is 3.94. The first-order valence-corrected chi connectivity index (χ1v) is 9.01. The van der Waals surface area contributed by atoms with Crippen LogP contribution in [-0.2, 0) is 6.54 Å². The van der Waals surface area contributed by atoms with Crippen molar-refractivity contribution in [2.45, 2.75) is 26.3 Å². The summed E-state index contributed by atoms with van der Waals surface area (Å²) in [5.41, 5.74) is 1.31. The van der Waals surface area contributed by atoms with E-state index < -0.39 is 0 Å². The number of urea groups is 1. The summed E-state index contributed by atoms with van der Waals surface area (Å²) in [6.45, 7) is 5.00. The maximum atomic E-state index is 12.1. The quantitative estimate of drug-likeness (QED) is 0.778. The van der Waals surface area contributed by atoms with E-state index in [0.29, 0.717) is 23.7 Å². The van der Waals surface area contributed by atoms with Gasteiger partial charge in [0.25, 0.3) is 0 Å². The van der Waals surface area contributed by atoms with Crippen LogP contribution in [0.15, 0.2) is 47.1 Å². The summed E-state index contributed by atoms with van der Waals surface area (Å²) in [4.78, 5) is 25.7. The zero-order valence-electron chi connectivity index (χ0n) is 15.0. The van der Waals surface area contributed by atoms with Gasteiger partial charge < -0.3 is 15.1 Å². The van der Waals surface area contributed by atoms with Crippen molar-refractivity contribution in [2.24, 2.45) is 5.92 Å². The van der Waals surface area contributed by atoms with Gasteiger partial charge in [-0.3, -0.25) is 9.69 Å². The summed E-state index contributed by atoms with van der Waals surface area (Å²) < 4.78 is 5.42. The summed E-state index contributed by atoms with van der Waals surface area (Å²) in [6, 6.07) is 10.6. The van der Waals surface area contributed by atoms with E-state index in [9.17, 15) is 9.59 Å². The maximum Gasteiger partial charge on any atom is 0.319 e. The standard InChI is InChI=1S/C20H25N3O3/c1-15(24)17-6-8-18(9-7-17)22-20(25)21-12-16-4-2-10-23(13-16)14-19-5-3-11-26-19/h3,5-9,11,16H,2,4,10,12-14H2,1H3,(H2,21,22,25)/t16-/m1/s1. The molecule has 0 spiro atoms. The average molecular weight is 355 g/mol. The predicted octanol–water partition coefficient (Wildman–Crippen LogP) is 3.52. The highest BCUT2D eigenvalue weighted by atomic mass is 16.3. The van der Waals surface area contributed by atoms with Gasteiger partial charge in [0.2, 0.25) is 0 Å². The van der Waals surface area contributed by atoms with Crippen LogP contribution in [0, 0.1) is 5.92 Å². The summed E-state index contributed by atoms with van der Waals surface area (Å²) in [5, 5.41) is 5.76. The number of nitrogens with zero attached hydrogens (tertiary/aromatic N) is 1. The maximum absolute atomic E-state index is 12.1. The number of carbonyl (C=O) groups excluding carboxylic acids is 2. The molecule has 2 N–H and O–H groups in total. The fraction of sp³-hybridized carbons (Fsp3) is 0.400. The molecular weight excluding hydrogens is 330 g/mol. The van der Waals surface area contributed by atoms with Gasteiger partial charge in [0.1, 0.15) is 5.76 Å². The predicted molar refractivity (Wildman–Crippen MR) is 100 cm³/mol. The zero-order valence-corrected chi connectivity index (χ0v) is 15.0. The summed E-state index contributed by atoms with van der Waals surface area (Å²) in [5.74, 6) is 1.42. The Kier molecular flexibility index (Phi) is 6.07. The number of hydrogen-bond donors (Lipinski definition) is 2. The molecule has 1 atom stereocenters. The molecule has 6 heteroatoms. The molecule has 2 heterocycles. The van der Waals surface area contributed by atoms with Crippen molar-refractivity contribution in [1.29, 1.82) is 0 Å². The SMILES string of the molecule is CC(=O)c1ccc(NC(=O)NC[C@H]2CCCN(Cc3ccco3)C2)cc1. The largest absolute Gasteiger partial charge is 0.468 e. The minimum absolute atomic E-state index is 0.0115. The third-order valence-electron chi connectivity index (χ3n) is 4.66. The molecule has 1 aromatic carbocycles. The van der Waals surface area contributed by atoms with Crippen molar-refractivity contribution in [3.05, 3.63) is 54.0 Å². The number of ketones is 1. The van der Waals surface area contributed by atoms with E-state index in [2.05, 4.69) is 15.5 Å². The fourth-order valence-electron chi connectivity index (χ4n) is 3.29. The first kappa shape index (κ1) is 18.2. The van der Waals surface area contributed by atoms with E-state index in [4.69, 9.17) is 4.42 Å². The van der Waals surface area contributed by atoms with Crippen molar-refractivity contribution in [3.63, 3.8) is 0 Å². The lowest BCUT2D eigenvalue weighted by molar-refractivity contribution is 0.101. The molecule has 1 aromatic heterocycles. The van der Waals surface area contributed by atoms with Crippen LogP contribution in [0.1, 0.15) is 35.9 Å². The van der Waals surface area contributed by atoms with E-state index in [-0.39, 0.29) is 11.8 Å². The number of piperidine rings is 1. The van der Waals surface area contributed by atoms with Gasteiger partial charge in [-0.1, -0.05) is 0 Å². The van der Waals surface area contributed by atoms with Gasteiger partial charge in [-0.05, 0) is 68.6 Å². The molecule has 0 bridgehead atoms. The lowest BCUT2D eigenvalue weighted by Crippen LogP contribution is -2.41. The number of amides is 2. The van der Waals surface area contributed by atoms with E-state index >= 15 is 0 Å². The number of furan rings is 1. The lowest BCUT2D eigenvalue weighted by Gasteiger charge is -2.32. The van der Waals surface area contributed by atoms with E-state index in [1.54, 1.807) is 30.5 Å². The van der Waals surface area contributed by atoms with Crippen LogP contribution < -0.4 is 10.6 Å². The fourth-order valence-corrected chi connectivity index (χ4v) is 3.29.